The Bertz CT molecular complexity index is 283. The molecule has 0 unspecified atom stereocenters. The quantitative estimate of drug-likeness (QED) is 0.644. The Morgan fingerprint density at radius 2 is 1.73 bits per heavy atom. The molecule has 0 heterocycles. The predicted octanol–water partition coefficient (Wildman–Crippen LogP) is 0.248. The molecule has 5 nitrogen and oxygen atoms in total. The smallest absolute Gasteiger partial charge is 0.331 e. The van der Waals surface area contributed by atoms with Crippen LogP contribution in [0.5, 0.6) is 0 Å². The van der Waals surface area contributed by atoms with Crippen molar-refractivity contribution < 1.29 is 19.8 Å². The third-order valence-corrected chi connectivity index (χ3v) is 2.24. The average Bonchev–Trinajstić information content (AvgIpc) is 2.22. The number of aliphatic carboxylic acids is 1. The van der Waals surface area contributed by atoms with Crippen molar-refractivity contribution in [3.8, 4) is 0 Å². The zero-order valence-corrected chi connectivity index (χ0v) is 9.28. The Kier molecular flexibility index (Phi) is 5.62. The Labute approximate surface area is 89.0 Å². The van der Waals surface area contributed by atoms with Crippen molar-refractivity contribution >= 4 is 11.9 Å². The summed E-state index contributed by atoms with van der Waals surface area (Å²) in [5.74, 6) is -1.44. The van der Waals surface area contributed by atoms with Crippen molar-refractivity contribution in [3.05, 3.63) is 11.1 Å². The summed E-state index contributed by atoms with van der Waals surface area (Å²) < 4.78 is 0. The Hall–Kier alpha value is -1.36. The maximum absolute atomic E-state index is 11.7. The fourth-order valence-corrected chi connectivity index (χ4v) is 1.08. The zero-order chi connectivity index (χ0) is 12.0. The highest BCUT2D eigenvalue weighted by molar-refractivity contribution is 6.01. The molecule has 0 aliphatic carbocycles. The molecule has 0 aliphatic heterocycles. The first-order chi connectivity index (χ1) is 6.95. The topological polar surface area (TPSA) is 77.8 Å². The minimum Gasteiger partial charge on any atom is -0.478 e. The maximum Gasteiger partial charge on any atom is 0.331 e. The number of hydrogen-bond donors (Lipinski definition) is 2. The largest absolute Gasteiger partial charge is 0.478 e. The van der Waals surface area contributed by atoms with E-state index in [0.717, 1.165) is 0 Å². The van der Waals surface area contributed by atoms with E-state index in [4.69, 9.17) is 10.2 Å². The van der Waals surface area contributed by atoms with Crippen LogP contribution in [0, 0.1) is 0 Å². The number of carbonyl (C=O) groups excluding carboxylic acids is 1. The van der Waals surface area contributed by atoms with Crippen LogP contribution in [0.15, 0.2) is 11.1 Å². The minimum absolute atomic E-state index is 0.0383. The molecule has 0 bridgehead atoms. The van der Waals surface area contributed by atoms with Crippen molar-refractivity contribution in [2.75, 3.05) is 19.7 Å². The first kappa shape index (κ1) is 13.6. The molecule has 0 aromatic heterocycles. The van der Waals surface area contributed by atoms with Gasteiger partial charge in [0.15, 0.2) is 0 Å². The molecule has 1 amide bonds. The van der Waals surface area contributed by atoms with Crippen LogP contribution in [0.4, 0.5) is 0 Å². The number of rotatable bonds is 5. The van der Waals surface area contributed by atoms with E-state index in [-0.39, 0.29) is 30.2 Å². The maximum atomic E-state index is 11.7. The molecule has 0 radical (unpaired) electrons. The van der Waals surface area contributed by atoms with Crippen LogP contribution in [0.25, 0.3) is 0 Å². The van der Waals surface area contributed by atoms with Gasteiger partial charge in [0, 0.05) is 24.2 Å². The third-order valence-electron chi connectivity index (χ3n) is 2.24. The normalized spacial score (nSPS) is 12.0. The number of aliphatic hydroxyl groups is 1. The van der Waals surface area contributed by atoms with Gasteiger partial charge in [-0.25, -0.2) is 4.79 Å². The van der Waals surface area contributed by atoms with Gasteiger partial charge in [-0.3, -0.25) is 4.79 Å². The Morgan fingerprint density at radius 1 is 1.20 bits per heavy atom. The lowest BCUT2D eigenvalue weighted by atomic mass is 10.1. The standard InChI is InChI=1S/C10H17NO4/c1-4-11(5-6-12)9(13)7(2)8(3)10(14)15/h12H,4-6H2,1-3H3,(H,14,15). The molecule has 0 aliphatic rings. The van der Waals surface area contributed by atoms with Crippen LogP contribution in [-0.2, 0) is 9.59 Å². The van der Waals surface area contributed by atoms with Gasteiger partial charge in [0.05, 0.1) is 6.61 Å². The molecule has 0 atom stereocenters. The molecular weight excluding hydrogens is 198 g/mol. The molecule has 15 heavy (non-hydrogen) atoms. The summed E-state index contributed by atoms with van der Waals surface area (Å²) in [5.41, 5.74) is 0.245. The summed E-state index contributed by atoms with van der Waals surface area (Å²) in [6, 6.07) is 0. The van der Waals surface area contributed by atoms with E-state index in [1.165, 1.54) is 18.7 Å². The van der Waals surface area contributed by atoms with E-state index in [1.54, 1.807) is 6.92 Å². The lowest BCUT2D eigenvalue weighted by Crippen LogP contribution is -2.34. The van der Waals surface area contributed by atoms with Gasteiger partial charge < -0.3 is 15.1 Å². The number of amides is 1. The summed E-state index contributed by atoms with van der Waals surface area (Å²) in [6.45, 7) is 5.19. The lowest BCUT2D eigenvalue weighted by molar-refractivity contribution is -0.134. The van der Waals surface area contributed by atoms with Crippen molar-refractivity contribution in [2.45, 2.75) is 20.8 Å². The number of hydrogen-bond acceptors (Lipinski definition) is 3. The van der Waals surface area contributed by atoms with Crippen molar-refractivity contribution in [1.82, 2.24) is 4.90 Å². The molecule has 0 saturated heterocycles. The van der Waals surface area contributed by atoms with Crippen molar-refractivity contribution in [3.63, 3.8) is 0 Å². The van der Waals surface area contributed by atoms with Gasteiger partial charge in [-0.1, -0.05) is 0 Å². The fourth-order valence-electron chi connectivity index (χ4n) is 1.08. The highest BCUT2D eigenvalue weighted by Gasteiger charge is 2.17. The summed E-state index contributed by atoms with van der Waals surface area (Å²) in [7, 11) is 0. The van der Waals surface area contributed by atoms with Crippen molar-refractivity contribution in [1.29, 1.82) is 0 Å². The molecule has 0 spiro atoms. The molecule has 5 heteroatoms. The first-order valence-corrected chi connectivity index (χ1v) is 4.76. The third kappa shape index (κ3) is 3.71. The van der Waals surface area contributed by atoms with Gasteiger partial charge in [-0.2, -0.15) is 0 Å². The molecule has 0 aromatic carbocycles. The summed E-state index contributed by atoms with van der Waals surface area (Å²) in [5, 5.41) is 17.4. The lowest BCUT2D eigenvalue weighted by Gasteiger charge is -2.20. The van der Waals surface area contributed by atoms with Gasteiger partial charge in [0.25, 0.3) is 0 Å². The summed E-state index contributed by atoms with van der Waals surface area (Å²) in [6.07, 6.45) is 0. The molecular formula is C10H17NO4. The average molecular weight is 215 g/mol. The van der Waals surface area contributed by atoms with Crippen LogP contribution in [-0.4, -0.2) is 46.7 Å². The Balaban J connectivity index is 4.83. The molecule has 0 saturated carbocycles. The van der Waals surface area contributed by atoms with Crippen LogP contribution in [0.2, 0.25) is 0 Å². The van der Waals surface area contributed by atoms with Crippen LogP contribution >= 0.6 is 0 Å². The zero-order valence-electron chi connectivity index (χ0n) is 9.28. The van der Waals surface area contributed by atoms with Gasteiger partial charge in [-0.05, 0) is 20.8 Å². The second kappa shape index (κ2) is 6.19. The molecule has 0 rings (SSSR count). The second-order valence-corrected chi connectivity index (χ2v) is 3.16. The minimum atomic E-state index is -1.10. The van der Waals surface area contributed by atoms with E-state index in [0.29, 0.717) is 6.54 Å². The second-order valence-electron chi connectivity index (χ2n) is 3.16. The van der Waals surface area contributed by atoms with Gasteiger partial charge in [0.1, 0.15) is 0 Å². The van der Waals surface area contributed by atoms with Crippen molar-refractivity contribution in [2.24, 2.45) is 0 Å². The van der Waals surface area contributed by atoms with E-state index in [2.05, 4.69) is 0 Å². The van der Waals surface area contributed by atoms with Crippen LogP contribution in [0.3, 0.4) is 0 Å². The van der Waals surface area contributed by atoms with Crippen LogP contribution < -0.4 is 0 Å². The number of carboxylic acid groups (broad SMARTS) is 1. The highest BCUT2D eigenvalue weighted by Crippen LogP contribution is 2.07. The van der Waals surface area contributed by atoms with E-state index in [1.807, 2.05) is 0 Å². The predicted molar refractivity (Wildman–Crippen MR) is 55.3 cm³/mol. The number of carboxylic acids is 1. The number of carbonyl (C=O) groups is 2. The highest BCUT2D eigenvalue weighted by atomic mass is 16.4. The van der Waals surface area contributed by atoms with Crippen LogP contribution in [0.1, 0.15) is 20.8 Å². The van der Waals surface area contributed by atoms with E-state index < -0.39 is 5.97 Å². The molecule has 86 valence electrons. The first-order valence-electron chi connectivity index (χ1n) is 4.76. The SMILES string of the molecule is CCN(CCO)C(=O)C(C)=C(C)C(=O)O. The Morgan fingerprint density at radius 3 is 2.07 bits per heavy atom. The van der Waals surface area contributed by atoms with Gasteiger partial charge >= 0.3 is 5.97 Å². The van der Waals surface area contributed by atoms with E-state index >= 15 is 0 Å². The molecule has 0 fully saturated rings. The molecule has 2 N–H and O–H groups in total. The number of nitrogens with zero attached hydrogens (tertiary/aromatic N) is 1. The summed E-state index contributed by atoms with van der Waals surface area (Å²) >= 11 is 0. The van der Waals surface area contributed by atoms with Gasteiger partial charge in [-0.15, -0.1) is 0 Å². The summed E-state index contributed by atoms with van der Waals surface area (Å²) in [4.78, 5) is 23.7. The monoisotopic (exact) mass is 215 g/mol. The van der Waals surface area contributed by atoms with E-state index in [9.17, 15) is 9.59 Å². The molecule has 0 aromatic rings. The van der Waals surface area contributed by atoms with Gasteiger partial charge in [0.2, 0.25) is 5.91 Å². The fraction of sp³-hybridized carbons (Fsp3) is 0.600. The number of likely N-dealkylation sites (N-methyl/N-ethyl adjacent to an activating group) is 1. The number of aliphatic hydroxyl groups excluding tert-OH is 1.